The molecule has 182 valence electrons. The number of ether oxygens (including phenoxy) is 2. The minimum absolute atomic E-state index is 0.125. The number of methoxy groups -OCH3 is 1. The van der Waals surface area contributed by atoms with E-state index in [0.29, 0.717) is 30.9 Å². The van der Waals surface area contributed by atoms with Gasteiger partial charge in [-0.2, -0.15) is 0 Å². The summed E-state index contributed by atoms with van der Waals surface area (Å²) in [4.78, 5) is 17.4. The monoisotopic (exact) mass is 479 g/mol. The zero-order valence-electron chi connectivity index (χ0n) is 20.3. The van der Waals surface area contributed by atoms with Gasteiger partial charge in [-0.1, -0.05) is 48.5 Å². The molecule has 1 N–H and O–H groups in total. The molecule has 1 aromatic heterocycles. The van der Waals surface area contributed by atoms with Gasteiger partial charge in [0, 0.05) is 25.1 Å². The summed E-state index contributed by atoms with van der Waals surface area (Å²) in [7, 11) is 1.59. The number of benzene rings is 4. The number of nitrogens with one attached hydrogen (secondary N) is 1. The molecular weight excluding hydrogens is 450 g/mol. The molecule has 1 amide bonds. The third-order valence-corrected chi connectivity index (χ3v) is 6.22. The van der Waals surface area contributed by atoms with E-state index in [1.165, 1.54) is 10.8 Å². The Morgan fingerprint density at radius 1 is 0.889 bits per heavy atom. The van der Waals surface area contributed by atoms with Gasteiger partial charge in [-0.3, -0.25) is 4.79 Å². The first-order valence-corrected chi connectivity index (χ1v) is 12.2. The van der Waals surface area contributed by atoms with Crippen molar-refractivity contribution in [3.05, 3.63) is 102 Å². The topological polar surface area (TPSA) is 65.4 Å². The van der Waals surface area contributed by atoms with Crippen LogP contribution >= 0.6 is 0 Å². The van der Waals surface area contributed by atoms with Crippen molar-refractivity contribution in [1.82, 2.24) is 14.9 Å². The van der Waals surface area contributed by atoms with Gasteiger partial charge in [-0.25, -0.2) is 4.98 Å². The summed E-state index contributed by atoms with van der Waals surface area (Å²) in [5.41, 5.74) is 2.63. The summed E-state index contributed by atoms with van der Waals surface area (Å²) >= 11 is 0. The molecule has 6 heteroatoms. The summed E-state index contributed by atoms with van der Waals surface area (Å²) in [6.07, 6.45) is 1.48. The van der Waals surface area contributed by atoms with Crippen LogP contribution < -0.4 is 14.8 Å². The quantitative estimate of drug-likeness (QED) is 0.263. The number of carbonyl (C=O) groups excluding carboxylic acids is 1. The maximum absolute atomic E-state index is 12.6. The SMILES string of the molecule is COc1cccc(C(=O)NCCc2nc3ccccc3n2CCCOc2ccc3ccccc3c2)c1. The van der Waals surface area contributed by atoms with Gasteiger partial charge < -0.3 is 19.4 Å². The molecule has 0 radical (unpaired) electrons. The van der Waals surface area contributed by atoms with Gasteiger partial charge in [0.15, 0.2) is 0 Å². The largest absolute Gasteiger partial charge is 0.497 e. The molecule has 5 rings (SSSR count). The molecule has 0 unspecified atom stereocenters. The van der Waals surface area contributed by atoms with Crippen LogP contribution in [0.3, 0.4) is 0 Å². The van der Waals surface area contributed by atoms with Gasteiger partial charge in [0.2, 0.25) is 0 Å². The first-order valence-electron chi connectivity index (χ1n) is 12.2. The molecule has 0 spiro atoms. The smallest absolute Gasteiger partial charge is 0.251 e. The van der Waals surface area contributed by atoms with Crippen molar-refractivity contribution >= 4 is 27.7 Å². The van der Waals surface area contributed by atoms with Gasteiger partial charge in [0.25, 0.3) is 5.91 Å². The molecule has 36 heavy (non-hydrogen) atoms. The number of rotatable bonds is 10. The van der Waals surface area contributed by atoms with Gasteiger partial charge in [-0.15, -0.1) is 0 Å². The van der Waals surface area contributed by atoms with E-state index < -0.39 is 0 Å². The molecule has 0 aliphatic rings. The average Bonchev–Trinajstić information content (AvgIpc) is 3.28. The number of hydrogen-bond acceptors (Lipinski definition) is 4. The van der Waals surface area contributed by atoms with Crippen molar-refractivity contribution in [1.29, 1.82) is 0 Å². The summed E-state index contributed by atoms with van der Waals surface area (Å²) in [5, 5.41) is 5.38. The van der Waals surface area contributed by atoms with E-state index in [1.807, 2.05) is 48.5 Å². The second-order valence-corrected chi connectivity index (χ2v) is 8.62. The van der Waals surface area contributed by atoms with Crippen LogP contribution in [0.15, 0.2) is 91.0 Å². The zero-order chi connectivity index (χ0) is 24.7. The Hall–Kier alpha value is -4.32. The Morgan fingerprint density at radius 2 is 1.72 bits per heavy atom. The Morgan fingerprint density at radius 3 is 2.61 bits per heavy atom. The third kappa shape index (κ3) is 5.33. The van der Waals surface area contributed by atoms with E-state index in [1.54, 1.807) is 19.2 Å². The molecule has 0 saturated heterocycles. The van der Waals surface area contributed by atoms with E-state index in [9.17, 15) is 4.79 Å². The van der Waals surface area contributed by atoms with Gasteiger partial charge >= 0.3 is 0 Å². The molecule has 6 nitrogen and oxygen atoms in total. The molecule has 4 aromatic carbocycles. The Bertz CT molecular complexity index is 1490. The maximum atomic E-state index is 12.6. The fourth-order valence-corrected chi connectivity index (χ4v) is 4.39. The van der Waals surface area contributed by atoms with Crippen LogP contribution in [0, 0.1) is 0 Å². The van der Waals surface area contributed by atoms with E-state index in [0.717, 1.165) is 35.6 Å². The van der Waals surface area contributed by atoms with Gasteiger partial charge in [-0.05, 0) is 59.7 Å². The van der Waals surface area contributed by atoms with Crippen LogP contribution in [-0.4, -0.2) is 35.7 Å². The Labute approximate surface area is 210 Å². The lowest BCUT2D eigenvalue weighted by Crippen LogP contribution is -2.26. The summed E-state index contributed by atoms with van der Waals surface area (Å²) < 4.78 is 13.5. The predicted octanol–water partition coefficient (Wildman–Crippen LogP) is 5.64. The lowest BCUT2D eigenvalue weighted by Gasteiger charge is -2.11. The van der Waals surface area contributed by atoms with E-state index in [-0.39, 0.29) is 5.91 Å². The second kappa shape index (κ2) is 11.0. The molecule has 0 atom stereocenters. The lowest BCUT2D eigenvalue weighted by atomic mass is 10.1. The number of fused-ring (bicyclic) bond motifs is 2. The van der Waals surface area contributed by atoms with Crippen LogP contribution in [0.4, 0.5) is 0 Å². The van der Waals surface area contributed by atoms with Crippen molar-refractivity contribution in [2.45, 2.75) is 19.4 Å². The minimum atomic E-state index is -0.125. The molecule has 0 fully saturated rings. The fourth-order valence-electron chi connectivity index (χ4n) is 4.39. The molecule has 1 heterocycles. The molecule has 0 aliphatic carbocycles. The second-order valence-electron chi connectivity index (χ2n) is 8.62. The number of nitrogens with zero attached hydrogens (tertiary/aromatic N) is 2. The van der Waals surface area contributed by atoms with Crippen LogP contribution in [0.1, 0.15) is 22.6 Å². The highest BCUT2D eigenvalue weighted by Gasteiger charge is 2.12. The molecular formula is C30H29N3O3. The predicted molar refractivity (Wildman–Crippen MR) is 143 cm³/mol. The first-order chi connectivity index (χ1) is 17.7. The van der Waals surface area contributed by atoms with Crippen LogP contribution in [0.5, 0.6) is 11.5 Å². The van der Waals surface area contributed by atoms with Gasteiger partial charge in [0.05, 0.1) is 24.8 Å². The highest BCUT2D eigenvalue weighted by molar-refractivity contribution is 5.94. The summed E-state index contributed by atoms with van der Waals surface area (Å²) in [6.45, 7) is 1.89. The number of hydrogen-bond donors (Lipinski definition) is 1. The molecule has 5 aromatic rings. The Balaban J connectivity index is 1.21. The first kappa shape index (κ1) is 23.4. The summed E-state index contributed by atoms with van der Waals surface area (Å²) in [6, 6.07) is 29.8. The van der Waals surface area contributed by atoms with Crippen LogP contribution in [0.25, 0.3) is 21.8 Å². The average molecular weight is 480 g/mol. The van der Waals surface area contributed by atoms with Crippen molar-refractivity contribution < 1.29 is 14.3 Å². The highest BCUT2D eigenvalue weighted by Crippen LogP contribution is 2.21. The lowest BCUT2D eigenvalue weighted by molar-refractivity contribution is 0.0953. The van der Waals surface area contributed by atoms with E-state index in [2.05, 4.69) is 40.2 Å². The van der Waals surface area contributed by atoms with Crippen molar-refractivity contribution in [2.24, 2.45) is 0 Å². The van der Waals surface area contributed by atoms with Crippen LogP contribution in [0.2, 0.25) is 0 Å². The Kier molecular flexibility index (Phi) is 7.12. The number of aryl methyl sites for hydroxylation is 1. The number of carbonyl (C=O) groups is 1. The third-order valence-electron chi connectivity index (χ3n) is 6.22. The number of amides is 1. The van der Waals surface area contributed by atoms with Crippen molar-refractivity contribution in [3.8, 4) is 11.5 Å². The number of aromatic nitrogens is 2. The van der Waals surface area contributed by atoms with E-state index >= 15 is 0 Å². The molecule has 0 saturated carbocycles. The maximum Gasteiger partial charge on any atom is 0.251 e. The van der Waals surface area contributed by atoms with Gasteiger partial charge in [0.1, 0.15) is 17.3 Å². The highest BCUT2D eigenvalue weighted by atomic mass is 16.5. The number of imidazole rings is 1. The normalized spacial score (nSPS) is 11.0. The van der Waals surface area contributed by atoms with Crippen molar-refractivity contribution in [3.63, 3.8) is 0 Å². The van der Waals surface area contributed by atoms with Crippen molar-refractivity contribution in [2.75, 3.05) is 20.3 Å². The number of para-hydroxylation sites is 2. The fraction of sp³-hybridized carbons (Fsp3) is 0.200. The van der Waals surface area contributed by atoms with E-state index in [4.69, 9.17) is 14.5 Å². The molecule has 0 bridgehead atoms. The minimum Gasteiger partial charge on any atom is -0.497 e. The van der Waals surface area contributed by atoms with Crippen LogP contribution in [-0.2, 0) is 13.0 Å². The summed E-state index contributed by atoms with van der Waals surface area (Å²) in [5.74, 6) is 2.37. The zero-order valence-corrected chi connectivity index (χ0v) is 20.3. The molecule has 0 aliphatic heterocycles. The standard InChI is InChI=1S/C30H29N3O3/c1-35-25-11-6-10-24(21-25)30(34)31-17-16-29-32-27-12-4-5-13-28(27)33(29)18-7-19-36-26-15-14-22-8-2-3-9-23(22)20-26/h2-6,8-15,20-21H,7,16-19H2,1H3,(H,31,34).